The number of rotatable bonds is 0. The molecule has 0 aliphatic carbocycles. The van der Waals surface area contributed by atoms with Crippen LogP contribution in [0.4, 0.5) is 0 Å². The number of hydrogen-bond donors (Lipinski definition) is 0. The van der Waals surface area contributed by atoms with Gasteiger partial charge in [0.05, 0.1) is 16.4 Å². The minimum atomic E-state index is 0.935. The molecule has 0 amide bonds. The molecule has 0 unspecified atom stereocenters. The van der Waals surface area contributed by atoms with Gasteiger partial charge in [0.1, 0.15) is 11.2 Å². The number of benzene rings is 5. The van der Waals surface area contributed by atoms with Gasteiger partial charge in [-0.15, -0.1) is 11.3 Å². The van der Waals surface area contributed by atoms with Gasteiger partial charge in [-0.1, -0.05) is 72.8 Å². The lowest BCUT2D eigenvalue weighted by molar-refractivity contribution is 0.673. The predicted octanol–water partition coefficient (Wildman–Crippen LogP) is 9.67. The van der Waals surface area contributed by atoms with Crippen molar-refractivity contribution in [1.82, 2.24) is 4.40 Å². The molecule has 2 nitrogen and oxygen atoms in total. The number of thiophene rings is 1. The molecule has 4 heterocycles. The monoisotopic (exact) mass is 463 g/mol. The van der Waals surface area contributed by atoms with Crippen LogP contribution in [-0.2, 0) is 0 Å². The van der Waals surface area contributed by atoms with Gasteiger partial charge < -0.3 is 8.82 Å². The van der Waals surface area contributed by atoms with Crippen LogP contribution < -0.4 is 0 Å². The molecule has 0 saturated heterocycles. The molecule has 9 rings (SSSR count). The maximum absolute atomic E-state index is 6.61. The minimum absolute atomic E-state index is 0.935. The van der Waals surface area contributed by atoms with Crippen molar-refractivity contribution in [2.75, 3.05) is 0 Å². The Hall–Kier alpha value is -4.34. The summed E-state index contributed by atoms with van der Waals surface area (Å²) in [7, 11) is 0. The molecule has 0 aliphatic rings. The van der Waals surface area contributed by atoms with Gasteiger partial charge in [0, 0.05) is 58.7 Å². The smallest absolute Gasteiger partial charge is 0.145 e. The summed E-state index contributed by atoms with van der Waals surface area (Å²) in [4.78, 5) is 0. The van der Waals surface area contributed by atoms with E-state index in [-0.39, 0.29) is 0 Å². The molecule has 162 valence electrons. The van der Waals surface area contributed by atoms with E-state index in [9.17, 15) is 0 Å². The Bertz CT molecular complexity index is 2330. The summed E-state index contributed by atoms with van der Waals surface area (Å²) >= 11 is 1.89. The first-order valence-electron chi connectivity index (χ1n) is 11.9. The third-order valence-electron chi connectivity index (χ3n) is 7.56. The van der Waals surface area contributed by atoms with Gasteiger partial charge in [-0.05, 0) is 24.3 Å². The molecule has 0 saturated carbocycles. The average Bonchev–Trinajstić information content (AvgIpc) is 3.59. The number of fused-ring (bicyclic) bond motifs is 16. The van der Waals surface area contributed by atoms with Gasteiger partial charge in [-0.25, -0.2) is 0 Å². The Balaban J connectivity index is 1.68. The zero-order valence-corrected chi connectivity index (χ0v) is 19.4. The molecular weight excluding hydrogens is 446 g/mol. The summed E-state index contributed by atoms with van der Waals surface area (Å²) in [5, 5.41) is 11.3. The third-order valence-corrected chi connectivity index (χ3v) is 8.77. The molecule has 0 atom stereocenters. The molecule has 5 aromatic carbocycles. The zero-order chi connectivity index (χ0) is 22.7. The number of nitrogens with zero attached hydrogens (tertiary/aromatic N) is 1. The van der Waals surface area contributed by atoms with Crippen LogP contribution in [-0.4, -0.2) is 4.40 Å². The summed E-state index contributed by atoms with van der Waals surface area (Å²) in [5.41, 5.74) is 4.35. The highest BCUT2D eigenvalue weighted by molar-refractivity contribution is 7.26. The standard InChI is InChI=1S/C32H17NOS/c1-2-8-19-18(7-1)17-33-25-16-15-22-20-9-3-5-11-26(20)34-31(22)29(25)28-24(30(19)33)14-13-23-21-10-4-6-12-27(21)35-32(23)28/h1-17H. The number of aromatic nitrogens is 1. The molecular formula is C32H17NOS. The van der Waals surface area contributed by atoms with Crippen molar-refractivity contribution in [3.05, 3.63) is 103 Å². The Kier molecular flexibility index (Phi) is 3.20. The Labute approximate surface area is 203 Å². The maximum atomic E-state index is 6.61. The number of para-hydroxylation sites is 1. The summed E-state index contributed by atoms with van der Waals surface area (Å²) < 4.78 is 11.6. The van der Waals surface area contributed by atoms with Crippen molar-refractivity contribution < 1.29 is 4.42 Å². The lowest BCUT2D eigenvalue weighted by Crippen LogP contribution is -1.90. The third kappa shape index (κ3) is 2.15. The first-order valence-corrected chi connectivity index (χ1v) is 12.7. The fourth-order valence-electron chi connectivity index (χ4n) is 6.08. The second-order valence-corrected chi connectivity index (χ2v) is 10.4. The summed E-state index contributed by atoms with van der Waals surface area (Å²) in [6.07, 6.45) is 2.27. The van der Waals surface area contributed by atoms with Crippen LogP contribution in [0.2, 0.25) is 0 Å². The Morgan fingerprint density at radius 3 is 2.26 bits per heavy atom. The van der Waals surface area contributed by atoms with Crippen LogP contribution in [0.15, 0.2) is 108 Å². The van der Waals surface area contributed by atoms with Crippen LogP contribution in [0.3, 0.4) is 0 Å². The fraction of sp³-hybridized carbons (Fsp3) is 0. The highest BCUT2D eigenvalue weighted by Gasteiger charge is 2.20. The zero-order valence-electron chi connectivity index (χ0n) is 18.6. The molecule has 0 spiro atoms. The van der Waals surface area contributed by atoms with E-state index in [1.54, 1.807) is 0 Å². The Morgan fingerprint density at radius 1 is 0.571 bits per heavy atom. The van der Waals surface area contributed by atoms with Crippen molar-refractivity contribution in [2.45, 2.75) is 0 Å². The van der Waals surface area contributed by atoms with E-state index in [0.29, 0.717) is 0 Å². The number of hydrogen-bond acceptors (Lipinski definition) is 2. The number of pyridine rings is 1. The first kappa shape index (κ1) is 18.0. The van der Waals surface area contributed by atoms with Gasteiger partial charge in [0.2, 0.25) is 0 Å². The van der Waals surface area contributed by atoms with Crippen LogP contribution in [0, 0.1) is 0 Å². The van der Waals surface area contributed by atoms with Crippen molar-refractivity contribution in [2.24, 2.45) is 0 Å². The quantitative estimate of drug-likeness (QED) is 0.205. The van der Waals surface area contributed by atoms with Crippen molar-refractivity contribution in [1.29, 1.82) is 0 Å². The predicted molar refractivity (Wildman–Crippen MR) is 150 cm³/mol. The van der Waals surface area contributed by atoms with E-state index in [1.165, 1.54) is 68.9 Å². The highest BCUT2D eigenvalue weighted by Crippen LogP contribution is 2.46. The van der Waals surface area contributed by atoms with Gasteiger partial charge >= 0.3 is 0 Å². The van der Waals surface area contributed by atoms with E-state index in [0.717, 1.165) is 11.2 Å². The molecule has 0 bridgehead atoms. The Morgan fingerprint density at radius 2 is 1.31 bits per heavy atom. The molecule has 0 fully saturated rings. The van der Waals surface area contributed by atoms with Crippen molar-refractivity contribution in [3.8, 4) is 0 Å². The van der Waals surface area contributed by atoms with Crippen LogP contribution in [0.5, 0.6) is 0 Å². The lowest BCUT2D eigenvalue weighted by Gasteiger charge is -2.11. The molecule has 0 aliphatic heterocycles. The second kappa shape index (κ2) is 6.21. The minimum Gasteiger partial charge on any atom is -0.455 e. The van der Waals surface area contributed by atoms with Crippen molar-refractivity contribution >= 4 is 91.4 Å². The van der Waals surface area contributed by atoms with E-state index >= 15 is 0 Å². The number of furan rings is 1. The maximum Gasteiger partial charge on any atom is 0.145 e. The topological polar surface area (TPSA) is 17.6 Å². The van der Waals surface area contributed by atoms with Gasteiger partial charge in [0.15, 0.2) is 0 Å². The van der Waals surface area contributed by atoms with E-state index < -0.39 is 0 Å². The van der Waals surface area contributed by atoms with Gasteiger partial charge in [-0.3, -0.25) is 0 Å². The summed E-state index contributed by atoms with van der Waals surface area (Å²) in [6.45, 7) is 0. The molecule has 35 heavy (non-hydrogen) atoms. The SMILES string of the molecule is c1ccc2c(c1)cn1c3ccc4c5ccccc5oc4c3c3c(ccc4c5ccccc5sc43)c21. The van der Waals surface area contributed by atoms with Crippen molar-refractivity contribution in [3.63, 3.8) is 0 Å². The highest BCUT2D eigenvalue weighted by atomic mass is 32.1. The molecule has 3 heteroatoms. The van der Waals surface area contributed by atoms with E-state index in [1.807, 2.05) is 17.4 Å². The molecule has 0 N–H and O–H groups in total. The summed E-state index contributed by atoms with van der Waals surface area (Å²) in [5.74, 6) is 0. The van der Waals surface area contributed by atoms with Crippen LogP contribution in [0.25, 0.3) is 80.1 Å². The van der Waals surface area contributed by atoms with Gasteiger partial charge in [-0.2, -0.15) is 0 Å². The van der Waals surface area contributed by atoms with Gasteiger partial charge in [0.25, 0.3) is 0 Å². The molecule has 9 aromatic rings. The average molecular weight is 464 g/mol. The van der Waals surface area contributed by atoms with E-state index in [4.69, 9.17) is 4.42 Å². The van der Waals surface area contributed by atoms with Crippen LogP contribution >= 0.6 is 11.3 Å². The molecule has 4 aromatic heterocycles. The summed E-state index contributed by atoms with van der Waals surface area (Å²) in [6, 6.07) is 34.9. The van der Waals surface area contributed by atoms with E-state index in [2.05, 4.69) is 102 Å². The second-order valence-electron chi connectivity index (χ2n) is 9.33. The largest absolute Gasteiger partial charge is 0.455 e. The molecule has 0 radical (unpaired) electrons. The lowest BCUT2D eigenvalue weighted by atomic mass is 9.99. The normalized spacial score (nSPS) is 12.6. The first-order chi connectivity index (χ1) is 17.4. The fourth-order valence-corrected chi connectivity index (χ4v) is 7.34. The van der Waals surface area contributed by atoms with Crippen LogP contribution in [0.1, 0.15) is 0 Å².